The van der Waals surface area contributed by atoms with Crippen LogP contribution in [-0.4, -0.2) is 76.9 Å². The normalized spacial score (nSPS) is 15.8. The van der Waals surface area contributed by atoms with Gasteiger partial charge in [-0.2, -0.15) is 5.10 Å². The van der Waals surface area contributed by atoms with E-state index in [9.17, 15) is 0 Å². The fourth-order valence-electron chi connectivity index (χ4n) is 2.98. The van der Waals surface area contributed by atoms with Gasteiger partial charge in [0.05, 0.1) is 6.54 Å². The fraction of sp³-hybridized carbons (Fsp3) is 0.500. The van der Waals surface area contributed by atoms with Crippen LogP contribution in [0, 0.1) is 0 Å². The van der Waals surface area contributed by atoms with Crippen molar-refractivity contribution in [2.45, 2.75) is 6.54 Å². The Hall–Kier alpha value is -2.32. The van der Waals surface area contributed by atoms with Gasteiger partial charge in [0.15, 0.2) is 5.96 Å². The van der Waals surface area contributed by atoms with Gasteiger partial charge in [0, 0.05) is 51.8 Å². The van der Waals surface area contributed by atoms with Gasteiger partial charge >= 0.3 is 0 Å². The van der Waals surface area contributed by atoms with Gasteiger partial charge in [-0.3, -0.25) is 14.6 Å². The number of aryl methyl sites for hydroxylation is 1. The number of hydrogen-bond acceptors (Lipinski definition) is 5. The lowest BCUT2D eigenvalue weighted by molar-refractivity contribution is 0.152. The highest BCUT2D eigenvalue weighted by Crippen LogP contribution is 2.15. The number of piperazine rings is 1. The van der Waals surface area contributed by atoms with Gasteiger partial charge < -0.3 is 15.0 Å². The first-order chi connectivity index (χ1) is 13.2. The summed E-state index contributed by atoms with van der Waals surface area (Å²) in [5, 5.41) is 8.17. The van der Waals surface area contributed by atoms with Gasteiger partial charge in [0.2, 0.25) is 0 Å². The van der Waals surface area contributed by atoms with Crippen molar-refractivity contribution in [1.82, 2.24) is 29.9 Å². The molecule has 1 saturated heterocycles. The predicted octanol–water partition coefficient (Wildman–Crippen LogP) is 1.24. The highest BCUT2D eigenvalue weighted by molar-refractivity contribution is 6.30. The number of aromatic nitrogens is 3. The Balaban J connectivity index is 1.38. The van der Waals surface area contributed by atoms with Crippen LogP contribution >= 0.6 is 11.6 Å². The first-order valence-corrected chi connectivity index (χ1v) is 9.42. The van der Waals surface area contributed by atoms with E-state index in [4.69, 9.17) is 16.3 Å². The summed E-state index contributed by atoms with van der Waals surface area (Å²) in [6.45, 7) is 6.00. The molecule has 0 unspecified atom stereocenters. The van der Waals surface area contributed by atoms with Crippen molar-refractivity contribution in [1.29, 1.82) is 0 Å². The van der Waals surface area contributed by atoms with Crippen LogP contribution < -0.4 is 10.1 Å². The van der Waals surface area contributed by atoms with Crippen LogP contribution in [-0.2, 0) is 13.6 Å². The van der Waals surface area contributed by atoms with E-state index >= 15 is 0 Å². The SMILES string of the molecule is CN=C(NCc1ncnn1C)N1CCN(CCOc2ccc(Cl)cc2)CC1. The molecule has 0 spiro atoms. The third-order valence-electron chi connectivity index (χ3n) is 4.58. The van der Waals surface area contributed by atoms with Gasteiger partial charge in [0.1, 0.15) is 24.5 Å². The molecule has 9 heteroatoms. The third-order valence-corrected chi connectivity index (χ3v) is 4.84. The smallest absolute Gasteiger partial charge is 0.194 e. The molecule has 0 radical (unpaired) electrons. The van der Waals surface area contributed by atoms with Crippen molar-refractivity contribution in [3.05, 3.63) is 41.4 Å². The number of nitrogens with zero attached hydrogens (tertiary/aromatic N) is 6. The van der Waals surface area contributed by atoms with E-state index in [-0.39, 0.29) is 0 Å². The molecular formula is C18H26ClN7O. The molecule has 1 aliphatic rings. The van der Waals surface area contributed by atoms with Gasteiger partial charge in [-0.15, -0.1) is 0 Å². The zero-order valence-corrected chi connectivity index (χ0v) is 16.6. The monoisotopic (exact) mass is 391 g/mol. The maximum absolute atomic E-state index is 5.89. The van der Waals surface area contributed by atoms with E-state index in [1.165, 1.54) is 0 Å². The summed E-state index contributed by atoms with van der Waals surface area (Å²) in [4.78, 5) is 13.3. The number of hydrogen-bond donors (Lipinski definition) is 1. The molecule has 0 atom stereocenters. The van der Waals surface area contributed by atoms with Crippen molar-refractivity contribution in [3.63, 3.8) is 0 Å². The summed E-state index contributed by atoms with van der Waals surface area (Å²) in [5.74, 6) is 2.63. The van der Waals surface area contributed by atoms with Crippen LogP contribution in [0.2, 0.25) is 5.02 Å². The van der Waals surface area contributed by atoms with Crippen LogP contribution in [0.25, 0.3) is 0 Å². The number of halogens is 1. The van der Waals surface area contributed by atoms with Crippen LogP contribution in [0.5, 0.6) is 5.75 Å². The second-order valence-electron chi connectivity index (χ2n) is 6.33. The lowest BCUT2D eigenvalue weighted by Crippen LogP contribution is -2.53. The maximum Gasteiger partial charge on any atom is 0.194 e. The van der Waals surface area contributed by atoms with Crippen molar-refractivity contribution in [3.8, 4) is 5.75 Å². The molecule has 1 aromatic carbocycles. The summed E-state index contributed by atoms with van der Waals surface area (Å²) < 4.78 is 7.55. The first-order valence-electron chi connectivity index (χ1n) is 9.05. The largest absolute Gasteiger partial charge is 0.492 e. The molecule has 3 rings (SSSR count). The van der Waals surface area contributed by atoms with Crippen molar-refractivity contribution >= 4 is 17.6 Å². The van der Waals surface area contributed by atoms with E-state index in [0.29, 0.717) is 13.2 Å². The molecule has 146 valence electrons. The number of benzene rings is 1. The molecule has 8 nitrogen and oxygen atoms in total. The molecule has 1 aromatic heterocycles. The molecular weight excluding hydrogens is 366 g/mol. The van der Waals surface area contributed by atoms with Crippen molar-refractivity contribution in [2.24, 2.45) is 12.0 Å². The second kappa shape index (κ2) is 9.57. The van der Waals surface area contributed by atoms with Crippen LogP contribution in [0.4, 0.5) is 0 Å². The van der Waals surface area contributed by atoms with E-state index in [2.05, 4.69) is 30.2 Å². The summed E-state index contributed by atoms with van der Waals surface area (Å²) in [5.41, 5.74) is 0. The highest BCUT2D eigenvalue weighted by atomic mass is 35.5. The summed E-state index contributed by atoms with van der Waals surface area (Å²) in [6.07, 6.45) is 1.56. The van der Waals surface area contributed by atoms with Crippen molar-refractivity contribution in [2.75, 3.05) is 46.4 Å². The maximum atomic E-state index is 5.89. The Morgan fingerprint density at radius 1 is 1.22 bits per heavy atom. The standard InChI is InChI=1S/C18H26ClN7O/c1-20-18(21-13-17-22-14-23-24(17)2)26-9-7-25(8-10-26)11-12-27-16-5-3-15(19)4-6-16/h3-6,14H,7-13H2,1-2H3,(H,20,21). The third kappa shape index (κ3) is 5.58. The highest BCUT2D eigenvalue weighted by Gasteiger charge is 2.19. The average molecular weight is 392 g/mol. The van der Waals surface area contributed by atoms with Crippen LogP contribution in [0.3, 0.4) is 0 Å². The molecule has 0 bridgehead atoms. The zero-order valence-electron chi connectivity index (χ0n) is 15.8. The Bertz CT molecular complexity index is 738. The zero-order chi connectivity index (χ0) is 19.1. The number of ether oxygens (including phenoxy) is 1. The molecule has 0 aliphatic carbocycles. The van der Waals surface area contributed by atoms with E-state index in [1.807, 2.05) is 38.4 Å². The Labute approximate surface area is 164 Å². The quantitative estimate of drug-likeness (QED) is 0.590. The Morgan fingerprint density at radius 2 is 1.96 bits per heavy atom. The van der Waals surface area contributed by atoms with Crippen LogP contribution in [0.1, 0.15) is 5.82 Å². The number of aliphatic imine (C=N–C) groups is 1. The average Bonchev–Trinajstić information content (AvgIpc) is 3.10. The number of nitrogens with one attached hydrogen (secondary N) is 1. The van der Waals surface area contributed by atoms with Gasteiger partial charge in [-0.05, 0) is 24.3 Å². The lowest BCUT2D eigenvalue weighted by Gasteiger charge is -2.36. The van der Waals surface area contributed by atoms with Gasteiger partial charge in [0.25, 0.3) is 0 Å². The van der Waals surface area contributed by atoms with Gasteiger partial charge in [-0.1, -0.05) is 11.6 Å². The molecule has 2 aromatic rings. The van der Waals surface area contributed by atoms with E-state index in [0.717, 1.165) is 55.3 Å². The molecule has 1 aliphatic heterocycles. The first kappa shape index (κ1) is 19.4. The summed E-state index contributed by atoms with van der Waals surface area (Å²) in [6, 6.07) is 7.48. The minimum absolute atomic E-state index is 0.609. The summed E-state index contributed by atoms with van der Waals surface area (Å²) in [7, 11) is 3.70. The second-order valence-corrected chi connectivity index (χ2v) is 6.77. The van der Waals surface area contributed by atoms with E-state index in [1.54, 1.807) is 11.0 Å². The lowest BCUT2D eigenvalue weighted by atomic mass is 10.3. The molecule has 1 fully saturated rings. The number of rotatable bonds is 6. The van der Waals surface area contributed by atoms with Gasteiger partial charge in [-0.25, -0.2) is 4.98 Å². The topological polar surface area (TPSA) is 70.8 Å². The predicted molar refractivity (Wildman–Crippen MR) is 106 cm³/mol. The Kier molecular flexibility index (Phi) is 6.89. The van der Waals surface area contributed by atoms with Crippen molar-refractivity contribution < 1.29 is 4.74 Å². The molecule has 0 saturated carbocycles. The Morgan fingerprint density at radius 3 is 2.59 bits per heavy atom. The number of guanidine groups is 1. The van der Waals surface area contributed by atoms with Crippen LogP contribution in [0.15, 0.2) is 35.6 Å². The molecule has 1 N–H and O–H groups in total. The minimum atomic E-state index is 0.609. The summed E-state index contributed by atoms with van der Waals surface area (Å²) >= 11 is 5.89. The molecule has 27 heavy (non-hydrogen) atoms. The molecule has 0 amide bonds. The molecule has 2 heterocycles. The van der Waals surface area contributed by atoms with E-state index < -0.39 is 0 Å². The fourth-order valence-corrected chi connectivity index (χ4v) is 3.10. The minimum Gasteiger partial charge on any atom is -0.492 e.